The van der Waals surface area contributed by atoms with E-state index in [-0.39, 0.29) is 18.9 Å². The van der Waals surface area contributed by atoms with Crippen molar-refractivity contribution in [2.75, 3.05) is 26.4 Å². The van der Waals surface area contributed by atoms with Crippen molar-refractivity contribution < 1.29 is 89.4 Å². The number of rotatable bonds is 52. The maximum atomic E-state index is 13.4. The van der Waals surface area contributed by atoms with Gasteiger partial charge < -0.3 is 89.9 Å². The molecule has 536 valence electrons. The zero-order valence-electron chi connectivity index (χ0n) is 56.6. The van der Waals surface area contributed by atoms with Gasteiger partial charge in [0.05, 0.1) is 38.6 Å². The van der Waals surface area contributed by atoms with Gasteiger partial charge in [0.1, 0.15) is 73.2 Å². The second kappa shape index (κ2) is 54.9. The molecule has 94 heavy (non-hydrogen) atoms. The third-order valence-corrected chi connectivity index (χ3v) is 16.7. The number of hydrogen-bond donors (Lipinski definition) is 12. The molecule has 1 amide bonds. The SMILES string of the molecule is CC/C=C\C/C=C\C/C=C\C/C=C\C/C=C\C/C=C\C/C=C\C/C=C\C/C=C\C/C=C\CCCCCCCCCCC(=O)NC(COC1OC(CO)C(OC2OC(CO)C(OC3OC(CO)C(O)C(O)C3O)C(O)C2O)C(O)C1O)C(O)/C=C/CCCCCCCCCC. The van der Waals surface area contributed by atoms with Crippen LogP contribution < -0.4 is 5.32 Å². The Hall–Kier alpha value is -4.07. The van der Waals surface area contributed by atoms with Gasteiger partial charge in [-0.25, -0.2) is 0 Å². The van der Waals surface area contributed by atoms with Gasteiger partial charge in [-0.2, -0.15) is 0 Å². The van der Waals surface area contributed by atoms with E-state index in [1.54, 1.807) is 6.08 Å². The molecule has 0 radical (unpaired) electrons. The Kier molecular flexibility index (Phi) is 49.1. The molecule has 19 nitrogen and oxygen atoms in total. The fourth-order valence-corrected chi connectivity index (χ4v) is 11.0. The van der Waals surface area contributed by atoms with Gasteiger partial charge in [0.2, 0.25) is 5.91 Å². The molecule has 17 unspecified atom stereocenters. The first kappa shape index (κ1) is 84.2. The number of ether oxygens (including phenoxy) is 6. The minimum absolute atomic E-state index is 0.224. The molecule has 0 aliphatic carbocycles. The van der Waals surface area contributed by atoms with E-state index >= 15 is 0 Å². The zero-order chi connectivity index (χ0) is 68.2. The number of hydrogen-bond acceptors (Lipinski definition) is 18. The largest absolute Gasteiger partial charge is 0.394 e. The predicted molar refractivity (Wildman–Crippen MR) is 369 cm³/mol. The first-order valence-electron chi connectivity index (χ1n) is 35.4. The standard InChI is InChI=1S/C75H123NO18/c1-3-5-7-9-11-13-15-16-17-18-19-20-21-22-23-24-25-26-27-28-29-30-31-32-33-34-35-36-37-38-39-40-41-42-43-45-47-49-51-53-63(81)76-58(59(80)52-50-48-46-44-14-12-10-8-6-4-2)57-89-73-69(87)66(84)71(61(55-78)91-73)94-75-70(88)67(85)72(62(56-79)92-75)93-74-68(86)65(83)64(82)60(54-77)90-74/h5,7,11,13,16-17,19-20,22-23,25-26,28-29,31-32,34-35,37-38,50,52,58-62,64-75,77-80,82-88H,3-4,6,8-10,12,14-15,18,21,24,27,30,33,36,39-49,51,53-57H2,1-2H3,(H,76,81)/b7-5-,13-11-,17-16-,20-19-,23-22-,26-25-,29-28-,32-31-,35-34-,38-37-,52-50+. The summed E-state index contributed by atoms with van der Waals surface area (Å²) in [6.45, 7) is 1.55. The molecule has 0 aromatic carbocycles. The summed E-state index contributed by atoms with van der Waals surface area (Å²) in [5.74, 6) is -0.293. The van der Waals surface area contributed by atoms with Crippen molar-refractivity contribution in [3.63, 3.8) is 0 Å². The van der Waals surface area contributed by atoms with Crippen molar-refractivity contribution in [1.29, 1.82) is 0 Å². The second-order valence-electron chi connectivity index (χ2n) is 24.6. The number of allylic oxidation sites excluding steroid dienone is 21. The quantitative estimate of drug-likeness (QED) is 0.0199. The summed E-state index contributed by atoms with van der Waals surface area (Å²) >= 11 is 0. The third-order valence-electron chi connectivity index (χ3n) is 16.7. The lowest BCUT2D eigenvalue weighted by atomic mass is 9.96. The van der Waals surface area contributed by atoms with E-state index in [0.717, 1.165) is 135 Å². The van der Waals surface area contributed by atoms with Crippen LogP contribution in [0.5, 0.6) is 0 Å². The lowest BCUT2D eigenvalue weighted by Crippen LogP contribution is -2.66. The predicted octanol–water partition coefficient (Wildman–Crippen LogP) is 9.77. The van der Waals surface area contributed by atoms with Crippen LogP contribution >= 0.6 is 0 Å². The highest BCUT2D eigenvalue weighted by Gasteiger charge is 2.53. The number of aliphatic hydroxyl groups excluding tert-OH is 11. The van der Waals surface area contributed by atoms with Crippen LogP contribution in [0.2, 0.25) is 0 Å². The highest BCUT2D eigenvalue weighted by atomic mass is 16.8. The van der Waals surface area contributed by atoms with E-state index in [2.05, 4.69) is 141 Å². The second-order valence-corrected chi connectivity index (χ2v) is 24.6. The van der Waals surface area contributed by atoms with Crippen molar-refractivity contribution in [1.82, 2.24) is 5.32 Å². The van der Waals surface area contributed by atoms with Gasteiger partial charge in [-0.1, -0.05) is 231 Å². The number of aliphatic hydroxyl groups is 11. The van der Waals surface area contributed by atoms with E-state index in [4.69, 9.17) is 28.4 Å². The van der Waals surface area contributed by atoms with Gasteiger partial charge >= 0.3 is 0 Å². The number of carbonyl (C=O) groups is 1. The summed E-state index contributed by atoms with van der Waals surface area (Å²) in [6.07, 6.45) is 50.3. The average molecular weight is 1330 g/mol. The zero-order valence-corrected chi connectivity index (χ0v) is 56.6. The van der Waals surface area contributed by atoms with Crippen molar-refractivity contribution in [3.8, 4) is 0 Å². The molecule has 0 saturated carbocycles. The number of unbranched alkanes of at least 4 members (excludes halogenated alkanes) is 16. The minimum Gasteiger partial charge on any atom is -0.394 e. The van der Waals surface area contributed by atoms with Gasteiger partial charge in [-0.05, 0) is 96.3 Å². The molecule has 0 bridgehead atoms. The van der Waals surface area contributed by atoms with Gasteiger partial charge in [0, 0.05) is 6.42 Å². The third kappa shape index (κ3) is 36.0. The van der Waals surface area contributed by atoms with E-state index in [1.807, 2.05) is 6.08 Å². The molecule has 3 saturated heterocycles. The van der Waals surface area contributed by atoms with Crippen LogP contribution in [0.25, 0.3) is 0 Å². The molecule has 3 fully saturated rings. The van der Waals surface area contributed by atoms with E-state index in [9.17, 15) is 61.0 Å². The van der Waals surface area contributed by atoms with Crippen LogP contribution in [-0.2, 0) is 33.2 Å². The van der Waals surface area contributed by atoms with Crippen LogP contribution in [-0.4, -0.2) is 193 Å². The topological polar surface area (TPSA) is 307 Å². The Morgan fingerprint density at radius 3 is 1.15 bits per heavy atom. The minimum atomic E-state index is -1.98. The molecule has 3 aliphatic heterocycles. The molecule has 19 heteroatoms. The molecule has 12 N–H and O–H groups in total. The summed E-state index contributed by atoms with van der Waals surface area (Å²) in [4.78, 5) is 13.4. The molecular formula is C75H123NO18. The Balaban J connectivity index is 1.33. The Morgan fingerprint density at radius 2 is 0.734 bits per heavy atom. The normalized spacial score (nSPS) is 28.2. The van der Waals surface area contributed by atoms with E-state index in [0.29, 0.717) is 6.42 Å². The van der Waals surface area contributed by atoms with Gasteiger partial charge in [-0.3, -0.25) is 4.79 Å². The summed E-state index contributed by atoms with van der Waals surface area (Å²) < 4.78 is 34.2. The number of carbonyl (C=O) groups excluding carboxylic acids is 1. The van der Waals surface area contributed by atoms with E-state index in [1.165, 1.54) is 38.5 Å². The van der Waals surface area contributed by atoms with Crippen molar-refractivity contribution in [2.24, 2.45) is 0 Å². The Labute approximate surface area is 562 Å². The van der Waals surface area contributed by atoms with Crippen molar-refractivity contribution >= 4 is 5.91 Å². The highest BCUT2D eigenvalue weighted by Crippen LogP contribution is 2.33. The molecule has 0 aromatic rings. The van der Waals surface area contributed by atoms with Gasteiger partial charge in [0.15, 0.2) is 18.9 Å². The summed E-state index contributed by atoms with van der Waals surface area (Å²) in [5.41, 5.74) is 0. The fourth-order valence-electron chi connectivity index (χ4n) is 11.0. The number of nitrogens with one attached hydrogen (secondary N) is 1. The van der Waals surface area contributed by atoms with Gasteiger partial charge in [0.25, 0.3) is 0 Å². The first-order chi connectivity index (χ1) is 45.8. The van der Waals surface area contributed by atoms with Crippen LogP contribution in [0.3, 0.4) is 0 Å². The smallest absolute Gasteiger partial charge is 0.220 e. The number of amides is 1. The highest BCUT2D eigenvalue weighted by molar-refractivity contribution is 5.76. The maximum Gasteiger partial charge on any atom is 0.220 e. The molecule has 3 rings (SSSR count). The Bertz CT molecular complexity index is 2220. The molecule has 3 aliphatic rings. The van der Waals surface area contributed by atoms with E-state index < -0.39 is 124 Å². The van der Waals surface area contributed by atoms with Crippen molar-refractivity contribution in [2.45, 2.75) is 304 Å². The van der Waals surface area contributed by atoms with Crippen LogP contribution in [0, 0.1) is 0 Å². The van der Waals surface area contributed by atoms with Crippen LogP contribution in [0.4, 0.5) is 0 Å². The maximum absolute atomic E-state index is 13.4. The summed E-state index contributed by atoms with van der Waals surface area (Å²) in [7, 11) is 0. The lowest BCUT2D eigenvalue weighted by Gasteiger charge is -2.48. The monoisotopic (exact) mass is 1330 g/mol. The fraction of sp³-hybridized carbons (Fsp3) is 0.693. The molecule has 0 spiro atoms. The Morgan fingerprint density at radius 1 is 0.394 bits per heavy atom. The van der Waals surface area contributed by atoms with Crippen molar-refractivity contribution in [3.05, 3.63) is 134 Å². The summed E-state index contributed by atoms with van der Waals surface area (Å²) in [5, 5.41) is 120. The molecular weight excluding hydrogens is 1200 g/mol. The summed E-state index contributed by atoms with van der Waals surface area (Å²) in [6, 6.07) is -0.985. The molecule has 17 atom stereocenters. The first-order valence-corrected chi connectivity index (χ1v) is 35.4. The van der Waals surface area contributed by atoms with Crippen LogP contribution in [0.1, 0.15) is 200 Å². The average Bonchev–Trinajstić information content (AvgIpc) is 0.788. The molecule has 3 heterocycles. The van der Waals surface area contributed by atoms with Crippen LogP contribution in [0.15, 0.2) is 134 Å². The lowest BCUT2D eigenvalue weighted by molar-refractivity contribution is -0.379. The van der Waals surface area contributed by atoms with Gasteiger partial charge in [-0.15, -0.1) is 0 Å². The molecule has 0 aromatic heterocycles.